The van der Waals surface area contributed by atoms with Crippen LogP contribution in [0.4, 0.5) is 10.1 Å². The van der Waals surface area contributed by atoms with Crippen LogP contribution in [0.15, 0.2) is 53.9 Å². The summed E-state index contributed by atoms with van der Waals surface area (Å²) < 4.78 is 23.1. The van der Waals surface area contributed by atoms with E-state index in [4.69, 9.17) is 4.74 Å². The van der Waals surface area contributed by atoms with E-state index in [2.05, 4.69) is 4.74 Å². The van der Waals surface area contributed by atoms with Crippen LogP contribution in [0, 0.1) is 5.82 Å². The van der Waals surface area contributed by atoms with Crippen molar-refractivity contribution in [2.45, 2.75) is 0 Å². The number of benzene rings is 1. The number of carboxylic acids is 1. The molecule has 0 saturated carbocycles. The van der Waals surface area contributed by atoms with Crippen molar-refractivity contribution in [3.8, 4) is 0 Å². The molecule has 1 N–H and O–H groups in total. The van der Waals surface area contributed by atoms with Gasteiger partial charge < -0.3 is 19.5 Å². The van der Waals surface area contributed by atoms with Crippen molar-refractivity contribution in [3.05, 3.63) is 65.3 Å². The highest BCUT2D eigenvalue weighted by atomic mass is 19.1. The average molecular weight is 347 g/mol. The molecule has 1 aliphatic rings. The van der Waals surface area contributed by atoms with Gasteiger partial charge in [0.2, 0.25) is 0 Å². The lowest BCUT2D eigenvalue weighted by atomic mass is 10.1. The van der Waals surface area contributed by atoms with Gasteiger partial charge in [0.1, 0.15) is 11.5 Å². The number of carbonyl (C=O) groups is 3. The third kappa shape index (κ3) is 3.57. The van der Waals surface area contributed by atoms with E-state index in [1.807, 2.05) is 0 Å². The molecule has 7 nitrogen and oxygen atoms in total. The van der Waals surface area contributed by atoms with E-state index in [0.717, 1.165) is 37.3 Å². The van der Waals surface area contributed by atoms with Gasteiger partial charge in [-0.2, -0.15) is 0 Å². The first-order valence-electron chi connectivity index (χ1n) is 6.98. The minimum Gasteiger partial charge on any atom is -0.478 e. The number of methoxy groups -OCH3 is 2. The first kappa shape index (κ1) is 17.9. The van der Waals surface area contributed by atoms with E-state index in [1.165, 1.54) is 24.4 Å². The van der Waals surface area contributed by atoms with Crippen LogP contribution in [0.25, 0.3) is 0 Å². The van der Waals surface area contributed by atoms with Crippen LogP contribution < -0.4 is 4.90 Å². The van der Waals surface area contributed by atoms with Gasteiger partial charge in [0.25, 0.3) is 0 Å². The molecule has 0 unspecified atom stereocenters. The van der Waals surface area contributed by atoms with Gasteiger partial charge in [-0.15, -0.1) is 0 Å². The van der Waals surface area contributed by atoms with Crippen LogP contribution in [0.5, 0.6) is 0 Å². The molecule has 0 amide bonds. The highest BCUT2D eigenvalue weighted by Gasteiger charge is 2.29. The number of carbonyl (C=O) groups excluding carboxylic acids is 2. The number of rotatable bonds is 4. The second-order valence-electron chi connectivity index (χ2n) is 4.78. The van der Waals surface area contributed by atoms with Crippen LogP contribution in [0.2, 0.25) is 0 Å². The molecule has 0 fully saturated rings. The van der Waals surface area contributed by atoms with Gasteiger partial charge in [-0.3, -0.25) is 0 Å². The molecule has 8 heteroatoms. The van der Waals surface area contributed by atoms with Crippen LogP contribution >= 0.6 is 0 Å². The fraction of sp³-hybridized carbons (Fsp3) is 0.118. The molecule has 1 aliphatic heterocycles. The Balaban J connectivity index is 2.78. The summed E-state index contributed by atoms with van der Waals surface area (Å²) in [6.07, 6.45) is 5.54. The van der Waals surface area contributed by atoms with E-state index in [-0.39, 0.29) is 22.5 Å². The number of hydrogen-bond acceptors (Lipinski definition) is 6. The Morgan fingerprint density at radius 3 is 2.36 bits per heavy atom. The average Bonchev–Trinajstić information content (AvgIpc) is 2.82. The number of nitrogens with zero attached hydrogens (tertiary/aromatic N) is 1. The molecule has 1 aromatic rings. The highest BCUT2D eigenvalue weighted by Crippen LogP contribution is 2.30. The maximum Gasteiger partial charge on any atom is 0.355 e. The van der Waals surface area contributed by atoms with Gasteiger partial charge in [0, 0.05) is 6.20 Å². The smallest absolute Gasteiger partial charge is 0.355 e. The zero-order chi connectivity index (χ0) is 18.6. The molecule has 0 spiro atoms. The topological polar surface area (TPSA) is 93.1 Å². The summed E-state index contributed by atoms with van der Waals surface area (Å²) in [6.45, 7) is 0. The minimum absolute atomic E-state index is 0.144. The fourth-order valence-corrected chi connectivity index (χ4v) is 2.24. The molecule has 130 valence electrons. The number of esters is 2. The molecular formula is C17H14FNO6. The predicted octanol–water partition coefficient (Wildman–Crippen LogP) is 2.01. The number of allylic oxidation sites excluding steroid dienone is 2. The van der Waals surface area contributed by atoms with Crippen molar-refractivity contribution in [2.24, 2.45) is 0 Å². The molecule has 1 aromatic carbocycles. The molecule has 0 bridgehead atoms. The summed E-state index contributed by atoms with van der Waals surface area (Å²) in [7, 11) is 2.23. The molecule has 0 saturated heterocycles. The third-order valence-corrected chi connectivity index (χ3v) is 3.34. The maximum atomic E-state index is 13.7. The van der Waals surface area contributed by atoms with Gasteiger partial charge >= 0.3 is 17.9 Å². The van der Waals surface area contributed by atoms with E-state index in [1.54, 1.807) is 0 Å². The zero-order valence-corrected chi connectivity index (χ0v) is 13.4. The second-order valence-corrected chi connectivity index (χ2v) is 4.78. The summed E-state index contributed by atoms with van der Waals surface area (Å²) >= 11 is 0. The Morgan fingerprint density at radius 2 is 1.76 bits per heavy atom. The largest absolute Gasteiger partial charge is 0.478 e. The predicted molar refractivity (Wildman–Crippen MR) is 85.2 cm³/mol. The zero-order valence-electron chi connectivity index (χ0n) is 13.4. The normalized spacial score (nSPS) is 13.5. The first-order valence-corrected chi connectivity index (χ1v) is 6.98. The second kappa shape index (κ2) is 7.43. The first-order chi connectivity index (χ1) is 11.9. The van der Waals surface area contributed by atoms with E-state index in [9.17, 15) is 23.9 Å². The van der Waals surface area contributed by atoms with Crippen molar-refractivity contribution in [3.63, 3.8) is 0 Å². The molecule has 0 atom stereocenters. The Hall–Kier alpha value is -3.42. The lowest BCUT2D eigenvalue weighted by Gasteiger charge is -2.24. The summed E-state index contributed by atoms with van der Waals surface area (Å²) in [5.41, 5.74) is -0.875. The van der Waals surface area contributed by atoms with E-state index in [0.29, 0.717) is 0 Å². The Labute approximate surface area is 142 Å². The quantitative estimate of drug-likeness (QED) is 0.833. The number of carboxylic acid groups (broad SMARTS) is 1. The lowest BCUT2D eigenvalue weighted by Crippen LogP contribution is -2.28. The molecule has 0 radical (unpaired) electrons. The summed E-state index contributed by atoms with van der Waals surface area (Å²) in [6, 6.07) is 2.98. The minimum atomic E-state index is -1.33. The van der Waals surface area contributed by atoms with Crippen molar-refractivity contribution in [1.82, 2.24) is 0 Å². The molecule has 1 heterocycles. The highest BCUT2D eigenvalue weighted by molar-refractivity contribution is 6.07. The standard InChI is InChI=1S/C17H14FNO6/c1-24-16(22)12-5-3-4-8-19(14(12)17(23)25-2)13-9-10(18)6-7-11(13)15(20)21/h3-9H,1-2H3,(H,20,21). The van der Waals surface area contributed by atoms with Crippen molar-refractivity contribution in [1.29, 1.82) is 0 Å². The number of aromatic carboxylic acids is 1. The van der Waals surface area contributed by atoms with E-state index >= 15 is 0 Å². The van der Waals surface area contributed by atoms with Crippen LogP contribution in [-0.2, 0) is 19.1 Å². The van der Waals surface area contributed by atoms with Gasteiger partial charge in [0.15, 0.2) is 0 Å². The number of halogens is 1. The summed E-state index contributed by atoms with van der Waals surface area (Å²) in [4.78, 5) is 36.8. The van der Waals surface area contributed by atoms with E-state index < -0.39 is 23.7 Å². The molecule has 0 aliphatic carbocycles. The van der Waals surface area contributed by atoms with Crippen molar-refractivity contribution in [2.75, 3.05) is 19.1 Å². The lowest BCUT2D eigenvalue weighted by molar-refractivity contribution is -0.139. The molecule has 2 rings (SSSR count). The maximum absolute atomic E-state index is 13.7. The van der Waals surface area contributed by atoms with Crippen molar-refractivity contribution >= 4 is 23.6 Å². The van der Waals surface area contributed by atoms with Gasteiger partial charge in [-0.25, -0.2) is 18.8 Å². The molecule has 25 heavy (non-hydrogen) atoms. The van der Waals surface area contributed by atoms with Crippen LogP contribution in [0.1, 0.15) is 10.4 Å². The Kier molecular flexibility index (Phi) is 5.33. The molecule has 0 aromatic heterocycles. The number of ether oxygens (including phenoxy) is 2. The summed E-state index contributed by atoms with van der Waals surface area (Å²) in [5, 5.41) is 9.35. The van der Waals surface area contributed by atoms with Crippen molar-refractivity contribution < 1.29 is 33.4 Å². The molecular weight excluding hydrogens is 333 g/mol. The third-order valence-electron chi connectivity index (χ3n) is 3.34. The fourth-order valence-electron chi connectivity index (χ4n) is 2.24. The van der Waals surface area contributed by atoms with Gasteiger partial charge in [-0.05, 0) is 30.4 Å². The van der Waals surface area contributed by atoms with Crippen LogP contribution in [-0.4, -0.2) is 37.2 Å². The van der Waals surface area contributed by atoms with Gasteiger partial charge in [-0.1, -0.05) is 6.08 Å². The number of anilines is 1. The van der Waals surface area contributed by atoms with Gasteiger partial charge in [0.05, 0.1) is 31.0 Å². The Bertz CT molecular complexity index is 824. The summed E-state index contributed by atoms with van der Waals surface area (Å²) in [5.74, 6) is -3.80. The Morgan fingerprint density at radius 1 is 1.08 bits per heavy atom. The van der Waals surface area contributed by atoms with Crippen LogP contribution in [0.3, 0.4) is 0 Å². The SMILES string of the molecule is COC(=O)C1=C(C(=O)OC)N(c2cc(F)ccc2C(=O)O)C=CC=C1. The monoisotopic (exact) mass is 347 g/mol. The number of hydrogen-bond donors (Lipinski definition) is 1.